The number of amides is 3. The van der Waals surface area contributed by atoms with Crippen LogP contribution in [0.5, 0.6) is 0 Å². The van der Waals surface area contributed by atoms with Crippen LogP contribution >= 0.6 is 0 Å². The molecule has 1 aliphatic heterocycles. The summed E-state index contributed by atoms with van der Waals surface area (Å²) in [5, 5.41) is 15.1. The Balaban J connectivity index is 1.53. The summed E-state index contributed by atoms with van der Waals surface area (Å²) < 4.78 is 12.9. The number of para-hydroxylation sites is 1. The summed E-state index contributed by atoms with van der Waals surface area (Å²) in [5.74, 6) is -0.816. The average Bonchev–Trinajstić information content (AvgIpc) is 3.63. The quantitative estimate of drug-likeness (QED) is 0.207. The average molecular weight is 623 g/mol. The minimum atomic E-state index is -1.24. The lowest BCUT2D eigenvalue weighted by Crippen LogP contribution is -2.45. The van der Waals surface area contributed by atoms with Crippen LogP contribution in [0.4, 0.5) is 15.3 Å². The number of carbonyl (C=O) groups excluding carboxylic acids is 3. The maximum Gasteiger partial charge on any atom is 0.417 e. The number of allylic oxidation sites excluding steroid dienone is 1. The lowest BCUT2D eigenvalue weighted by Gasteiger charge is -2.18. The predicted molar refractivity (Wildman–Crippen MR) is 165 cm³/mol. The molecule has 240 valence electrons. The fraction of sp³-hybridized carbons (Fsp3) is 0.419. The molecular formula is C31H38N6O8. The van der Waals surface area contributed by atoms with E-state index in [1.54, 1.807) is 12.1 Å². The first-order valence-corrected chi connectivity index (χ1v) is 14.7. The smallest absolute Gasteiger partial charge is 0.417 e. The van der Waals surface area contributed by atoms with Gasteiger partial charge < -0.3 is 35.5 Å². The maximum atomic E-state index is 13.4. The fourth-order valence-corrected chi connectivity index (χ4v) is 5.08. The normalized spacial score (nSPS) is 15.4. The summed E-state index contributed by atoms with van der Waals surface area (Å²) in [5.41, 5.74) is 6.31. The lowest BCUT2D eigenvalue weighted by molar-refractivity contribution is -0.118. The largest absolute Gasteiger partial charge is 0.464 e. The number of hydrogen-bond donors (Lipinski definition) is 4. The van der Waals surface area contributed by atoms with E-state index in [2.05, 4.69) is 29.5 Å². The Labute approximate surface area is 259 Å². The fourth-order valence-electron chi connectivity index (χ4n) is 5.08. The summed E-state index contributed by atoms with van der Waals surface area (Å²) in [6.07, 6.45) is 3.81. The van der Waals surface area contributed by atoms with Crippen LogP contribution in [0.25, 0.3) is 11.0 Å². The van der Waals surface area contributed by atoms with Crippen molar-refractivity contribution in [1.82, 2.24) is 19.4 Å². The van der Waals surface area contributed by atoms with Crippen LogP contribution in [-0.2, 0) is 32.0 Å². The van der Waals surface area contributed by atoms with Gasteiger partial charge in [-0.25, -0.2) is 19.1 Å². The molecule has 45 heavy (non-hydrogen) atoms. The molecule has 14 heteroatoms. The molecule has 1 fully saturated rings. The van der Waals surface area contributed by atoms with Gasteiger partial charge in [0.25, 0.3) is 5.56 Å². The number of pyridine rings is 1. The van der Waals surface area contributed by atoms with Gasteiger partial charge in [0.15, 0.2) is 0 Å². The molecular weight excluding hydrogens is 584 g/mol. The highest BCUT2D eigenvalue weighted by Gasteiger charge is 2.25. The summed E-state index contributed by atoms with van der Waals surface area (Å²) >= 11 is 0. The third-order valence-corrected chi connectivity index (χ3v) is 7.23. The Morgan fingerprint density at radius 2 is 2.02 bits per heavy atom. The Kier molecular flexibility index (Phi) is 11.1. The number of carbonyl (C=O) groups is 4. The number of rotatable bonds is 13. The molecule has 3 amide bonds. The molecule has 2 atom stereocenters. The Morgan fingerprint density at radius 3 is 2.71 bits per heavy atom. The number of imidazole rings is 1. The molecule has 0 spiro atoms. The second-order valence-electron chi connectivity index (χ2n) is 11.3. The van der Waals surface area contributed by atoms with Crippen molar-refractivity contribution in [3.8, 4) is 0 Å². The van der Waals surface area contributed by atoms with Crippen LogP contribution in [0, 0.1) is 11.8 Å². The minimum absolute atomic E-state index is 0.0698. The van der Waals surface area contributed by atoms with Crippen LogP contribution in [0.3, 0.4) is 0 Å². The molecule has 0 aliphatic carbocycles. The molecule has 4 rings (SSSR count). The Bertz CT molecular complexity index is 1640. The summed E-state index contributed by atoms with van der Waals surface area (Å²) in [6, 6.07) is 7.17. The minimum Gasteiger partial charge on any atom is -0.464 e. The number of hydrogen-bond acceptors (Lipinski definition) is 8. The van der Waals surface area contributed by atoms with Gasteiger partial charge in [-0.2, -0.15) is 0 Å². The van der Waals surface area contributed by atoms with Gasteiger partial charge in [-0.3, -0.25) is 14.4 Å². The number of fused-ring (bicyclic) bond motifs is 1. The lowest BCUT2D eigenvalue weighted by atomic mass is 10.0. The molecule has 0 saturated carbocycles. The summed E-state index contributed by atoms with van der Waals surface area (Å²) in [4.78, 5) is 67.1. The number of anilines is 1. The zero-order valence-corrected chi connectivity index (χ0v) is 25.2. The number of nitrogens with zero attached hydrogens (tertiary/aromatic N) is 3. The van der Waals surface area contributed by atoms with Crippen molar-refractivity contribution in [2.75, 3.05) is 25.1 Å². The molecule has 5 N–H and O–H groups in total. The molecule has 1 unspecified atom stereocenters. The third kappa shape index (κ3) is 8.79. The summed E-state index contributed by atoms with van der Waals surface area (Å²) in [7, 11) is 0. The van der Waals surface area contributed by atoms with E-state index in [4.69, 9.17) is 15.2 Å². The van der Waals surface area contributed by atoms with E-state index in [0.717, 1.165) is 22.6 Å². The third-order valence-electron chi connectivity index (χ3n) is 7.23. The number of nitrogens with one attached hydrogen (secondary N) is 2. The van der Waals surface area contributed by atoms with E-state index in [0.29, 0.717) is 36.6 Å². The molecule has 3 aromatic rings. The highest BCUT2D eigenvalue weighted by atomic mass is 16.6. The second kappa shape index (κ2) is 15.1. The second-order valence-corrected chi connectivity index (χ2v) is 11.3. The maximum absolute atomic E-state index is 13.4. The number of primary amides is 1. The van der Waals surface area contributed by atoms with Crippen molar-refractivity contribution < 1.29 is 33.8 Å². The van der Waals surface area contributed by atoms with Crippen molar-refractivity contribution >= 4 is 40.7 Å². The zero-order valence-electron chi connectivity index (χ0n) is 25.2. The molecule has 14 nitrogen and oxygen atoms in total. The number of ether oxygens (including phenoxy) is 2. The number of aromatic nitrogens is 3. The van der Waals surface area contributed by atoms with E-state index >= 15 is 0 Å². The van der Waals surface area contributed by atoms with Gasteiger partial charge in [0.2, 0.25) is 11.8 Å². The SMILES string of the molecule is CC(C)Cc1cccc2c1nc(Cn1cccc(NC(=O)[C@H](CC/C=C/C(N)=O)NC(=O)OCC3CCOC3)c1=O)n2C(=O)O. The van der Waals surface area contributed by atoms with Crippen LogP contribution in [0.15, 0.2) is 53.5 Å². The highest BCUT2D eigenvalue weighted by Crippen LogP contribution is 2.23. The zero-order chi connectivity index (χ0) is 32.5. The summed E-state index contributed by atoms with van der Waals surface area (Å²) in [6.45, 7) is 5.14. The van der Waals surface area contributed by atoms with Crippen LogP contribution < -0.4 is 21.9 Å². The van der Waals surface area contributed by atoms with E-state index in [1.807, 2.05) is 6.07 Å². The van der Waals surface area contributed by atoms with E-state index in [-0.39, 0.29) is 43.4 Å². The molecule has 0 radical (unpaired) electrons. The van der Waals surface area contributed by atoms with Crippen molar-refractivity contribution in [3.63, 3.8) is 0 Å². The molecule has 1 saturated heterocycles. The Morgan fingerprint density at radius 1 is 1.22 bits per heavy atom. The molecule has 2 aromatic heterocycles. The van der Waals surface area contributed by atoms with Crippen molar-refractivity contribution in [2.45, 2.75) is 52.1 Å². The number of carboxylic acid groups (broad SMARTS) is 1. The number of benzene rings is 1. The first-order valence-electron chi connectivity index (χ1n) is 14.7. The van der Waals surface area contributed by atoms with Gasteiger partial charge in [-0.15, -0.1) is 0 Å². The first-order chi connectivity index (χ1) is 21.5. The number of nitrogens with two attached hydrogens (primary N) is 1. The van der Waals surface area contributed by atoms with E-state index in [1.165, 1.54) is 29.0 Å². The van der Waals surface area contributed by atoms with E-state index in [9.17, 15) is 29.1 Å². The monoisotopic (exact) mass is 622 g/mol. The van der Waals surface area contributed by atoms with E-state index < -0.39 is 35.6 Å². The Hall–Kier alpha value is -4.98. The van der Waals surface area contributed by atoms with Crippen molar-refractivity contribution in [2.24, 2.45) is 17.6 Å². The van der Waals surface area contributed by atoms with Gasteiger partial charge in [-0.1, -0.05) is 32.1 Å². The molecule has 0 bridgehead atoms. The predicted octanol–water partition coefficient (Wildman–Crippen LogP) is 2.86. The van der Waals surface area contributed by atoms with Crippen molar-refractivity contribution in [3.05, 3.63) is 70.4 Å². The van der Waals surface area contributed by atoms with Gasteiger partial charge in [0, 0.05) is 18.7 Å². The van der Waals surface area contributed by atoms with Gasteiger partial charge >= 0.3 is 12.2 Å². The van der Waals surface area contributed by atoms with Gasteiger partial charge in [-0.05, 0) is 61.4 Å². The van der Waals surface area contributed by atoms with Crippen LogP contribution in [-0.4, -0.2) is 69.1 Å². The molecule has 1 aromatic carbocycles. The standard InChI is InChI=1S/C31H38N6O8/c1-19(2)15-21-7-5-10-24-27(21)35-26(37(24)31(42)43)16-36-13-6-9-23(29(36)40)33-28(39)22(8-3-4-11-25(32)38)34-30(41)45-18-20-12-14-44-17-20/h4-7,9-11,13,19-20,22H,3,8,12,14-18H2,1-2H3,(H2,32,38)(H,33,39)(H,34,41)(H,42,43)/b11-4+/t20?,22-/m0/s1. The first kappa shape index (κ1) is 32.9. The van der Waals surface area contributed by atoms with Crippen LogP contribution in [0.1, 0.15) is 44.5 Å². The van der Waals surface area contributed by atoms with Gasteiger partial charge in [0.05, 0.1) is 30.8 Å². The van der Waals surface area contributed by atoms with Crippen molar-refractivity contribution in [1.29, 1.82) is 0 Å². The highest BCUT2D eigenvalue weighted by molar-refractivity contribution is 5.96. The number of alkyl carbamates (subject to hydrolysis) is 1. The molecule has 1 aliphatic rings. The molecule has 3 heterocycles. The van der Waals surface area contributed by atoms with Gasteiger partial charge in [0.1, 0.15) is 17.6 Å². The topological polar surface area (TPSA) is 197 Å². The van der Waals surface area contributed by atoms with Crippen LogP contribution in [0.2, 0.25) is 0 Å².